The highest BCUT2D eigenvalue weighted by atomic mass is 16.6. The molecule has 118 valence electrons. The Hall–Kier alpha value is -1.85. The van der Waals surface area contributed by atoms with Crippen LogP contribution in [0.1, 0.15) is 47.5 Å². The van der Waals surface area contributed by atoms with E-state index in [9.17, 15) is 19.5 Å². The van der Waals surface area contributed by atoms with E-state index in [1.165, 1.54) is 0 Å². The number of carboxylic acids is 1. The van der Waals surface area contributed by atoms with Gasteiger partial charge < -0.3 is 9.84 Å². The maximum absolute atomic E-state index is 12.3. The van der Waals surface area contributed by atoms with Crippen LogP contribution in [0.15, 0.2) is 11.6 Å². The maximum atomic E-state index is 12.3. The molecule has 1 saturated heterocycles. The second-order valence-electron chi connectivity index (χ2n) is 6.57. The van der Waals surface area contributed by atoms with E-state index in [1.807, 2.05) is 13.8 Å². The first-order valence-corrected chi connectivity index (χ1v) is 7.01. The zero-order valence-electron chi connectivity index (χ0n) is 13.2. The van der Waals surface area contributed by atoms with Crippen molar-refractivity contribution >= 4 is 18.0 Å². The van der Waals surface area contributed by atoms with E-state index in [1.54, 1.807) is 26.8 Å². The molecule has 1 aliphatic heterocycles. The van der Waals surface area contributed by atoms with Gasteiger partial charge in [0.15, 0.2) is 0 Å². The topological polar surface area (TPSA) is 83.9 Å². The number of aliphatic carboxylic acids is 1. The zero-order valence-corrected chi connectivity index (χ0v) is 13.2. The summed E-state index contributed by atoms with van der Waals surface area (Å²) in [6, 6.07) is -1.19. The van der Waals surface area contributed by atoms with Crippen LogP contribution >= 0.6 is 0 Å². The molecule has 0 spiro atoms. The smallest absolute Gasteiger partial charge is 0.418 e. The Labute approximate surface area is 124 Å². The van der Waals surface area contributed by atoms with Gasteiger partial charge in [-0.05, 0) is 33.1 Å². The minimum absolute atomic E-state index is 0.0279. The molecule has 0 aliphatic carbocycles. The van der Waals surface area contributed by atoms with Crippen LogP contribution in [0.5, 0.6) is 0 Å². The Balaban J connectivity index is 2.99. The fourth-order valence-electron chi connectivity index (χ4n) is 1.95. The number of carbonyl (C=O) groups is 3. The molecule has 1 rings (SSSR count). The predicted octanol–water partition coefficient (Wildman–Crippen LogP) is 2.58. The number of carboxylic acid groups (broad SMARTS) is 1. The summed E-state index contributed by atoms with van der Waals surface area (Å²) in [5.41, 5.74) is -0.424. The van der Waals surface area contributed by atoms with Crippen LogP contribution in [-0.4, -0.2) is 39.6 Å². The van der Waals surface area contributed by atoms with Crippen LogP contribution in [0.4, 0.5) is 4.79 Å². The number of likely N-dealkylation sites (tertiary alicyclic amines) is 1. The number of nitrogens with zero attached hydrogens (tertiary/aromatic N) is 1. The molecular weight excluding hydrogens is 274 g/mol. The molecular formula is C15H23NO5. The molecule has 0 bridgehead atoms. The summed E-state index contributed by atoms with van der Waals surface area (Å²) in [5.74, 6) is -1.43. The molecule has 6 heteroatoms. The number of hydrogen-bond acceptors (Lipinski definition) is 4. The molecule has 1 N–H and O–H groups in total. The lowest BCUT2D eigenvalue weighted by Crippen LogP contribution is -2.45. The largest absolute Gasteiger partial charge is 0.480 e. The Morgan fingerprint density at radius 1 is 1.43 bits per heavy atom. The summed E-state index contributed by atoms with van der Waals surface area (Å²) < 4.78 is 5.12. The minimum atomic E-state index is -1.21. The quantitative estimate of drug-likeness (QED) is 0.809. The van der Waals surface area contributed by atoms with Crippen molar-refractivity contribution in [2.45, 2.75) is 59.1 Å². The van der Waals surface area contributed by atoms with Gasteiger partial charge in [0.2, 0.25) is 0 Å². The van der Waals surface area contributed by atoms with Crippen molar-refractivity contribution in [3.8, 4) is 0 Å². The van der Waals surface area contributed by atoms with E-state index < -0.39 is 29.6 Å². The highest BCUT2D eigenvalue weighted by molar-refractivity contribution is 6.08. The molecule has 0 aromatic heterocycles. The van der Waals surface area contributed by atoms with Crippen molar-refractivity contribution in [1.29, 1.82) is 0 Å². The molecule has 0 radical (unpaired) electrons. The molecule has 1 fully saturated rings. The lowest BCUT2D eigenvalue weighted by Gasteiger charge is -2.25. The predicted molar refractivity (Wildman–Crippen MR) is 76.7 cm³/mol. The Morgan fingerprint density at radius 3 is 2.43 bits per heavy atom. The lowest BCUT2D eigenvalue weighted by atomic mass is 10.1. The molecule has 1 atom stereocenters. The van der Waals surface area contributed by atoms with E-state index >= 15 is 0 Å². The summed E-state index contributed by atoms with van der Waals surface area (Å²) in [6.45, 7) is 8.98. The first-order chi connectivity index (χ1) is 9.53. The second kappa shape index (κ2) is 6.28. The number of carbonyl (C=O) groups excluding carboxylic acids is 2. The van der Waals surface area contributed by atoms with E-state index in [2.05, 4.69) is 0 Å². The van der Waals surface area contributed by atoms with Gasteiger partial charge in [-0.2, -0.15) is 0 Å². The number of imide groups is 1. The molecule has 0 unspecified atom stereocenters. The summed E-state index contributed by atoms with van der Waals surface area (Å²) in [7, 11) is 0. The van der Waals surface area contributed by atoms with Crippen molar-refractivity contribution in [3.63, 3.8) is 0 Å². The zero-order chi connectivity index (χ0) is 16.4. The molecule has 2 amide bonds. The molecule has 6 nitrogen and oxygen atoms in total. The van der Waals surface area contributed by atoms with Crippen molar-refractivity contribution in [2.75, 3.05) is 0 Å². The van der Waals surface area contributed by atoms with Crippen molar-refractivity contribution in [1.82, 2.24) is 4.90 Å². The third-order valence-electron chi connectivity index (χ3n) is 2.93. The normalized spacial score (nSPS) is 21.2. The van der Waals surface area contributed by atoms with E-state index in [0.717, 1.165) is 0 Å². The summed E-state index contributed by atoms with van der Waals surface area (Å²) in [4.78, 5) is 36.3. The number of amides is 2. The van der Waals surface area contributed by atoms with Crippen LogP contribution in [-0.2, 0) is 14.3 Å². The van der Waals surface area contributed by atoms with Gasteiger partial charge >= 0.3 is 12.1 Å². The molecule has 0 saturated carbocycles. The van der Waals surface area contributed by atoms with Crippen LogP contribution in [0, 0.1) is 5.92 Å². The fourth-order valence-corrected chi connectivity index (χ4v) is 1.95. The summed E-state index contributed by atoms with van der Waals surface area (Å²) in [5, 5.41) is 9.21. The van der Waals surface area contributed by atoms with Gasteiger partial charge in [-0.3, -0.25) is 4.79 Å². The highest BCUT2D eigenvalue weighted by Gasteiger charge is 2.45. The van der Waals surface area contributed by atoms with Crippen LogP contribution < -0.4 is 0 Å². The SMILES string of the molecule is CC(C)CC=C1C[C@@H](C(=O)O)N(C(=O)OC(C)(C)C)C1=O. The lowest BCUT2D eigenvalue weighted by molar-refractivity contribution is -0.145. The first kappa shape index (κ1) is 17.2. The maximum Gasteiger partial charge on any atom is 0.418 e. The third kappa shape index (κ3) is 4.58. The third-order valence-corrected chi connectivity index (χ3v) is 2.93. The molecule has 1 heterocycles. The van der Waals surface area contributed by atoms with Gasteiger partial charge in [0.25, 0.3) is 5.91 Å². The second-order valence-corrected chi connectivity index (χ2v) is 6.57. The monoisotopic (exact) mass is 297 g/mol. The van der Waals surface area contributed by atoms with Crippen LogP contribution in [0.3, 0.4) is 0 Å². The average molecular weight is 297 g/mol. The summed E-state index contributed by atoms with van der Waals surface area (Å²) >= 11 is 0. The fraction of sp³-hybridized carbons (Fsp3) is 0.667. The Kier molecular flexibility index (Phi) is 5.15. The Bertz CT molecular complexity index is 473. The van der Waals surface area contributed by atoms with Crippen LogP contribution in [0.25, 0.3) is 0 Å². The first-order valence-electron chi connectivity index (χ1n) is 7.01. The van der Waals surface area contributed by atoms with E-state index in [-0.39, 0.29) is 6.42 Å². The van der Waals surface area contributed by atoms with E-state index in [4.69, 9.17) is 4.74 Å². The van der Waals surface area contributed by atoms with Gasteiger partial charge in [-0.15, -0.1) is 0 Å². The van der Waals surface area contributed by atoms with Gasteiger partial charge in [-0.25, -0.2) is 14.5 Å². The number of ether oxygens (including phenoxy) is 1. The number of rotatable bonds is 3. The standard InChI is InChI=1S/C15H23NO5/c1-9(2)6-7-10-8-11(13(18)19)16(12(10)17)14(20)21-15(3,4)5/h7,9,11H,6,8H2,1-5H3,(H,18,19)/t11-/m0/s1. The molecule has 1 aliphatic rings. The van der Waals surface area contributed by atoms with Gasteiger partial charge in [0.1, 0.15) is 11.6 Å². The molecule has 21 heavy (non-hydrogen) atoms. The van der Waals surface area contributed by atoms with Gasteiger partial charge in [0.05, 0.1) is 0 Å². The average Bonchev–Trinajstić information content (AvgIpc) is 2.61. The highest BCUT2D eigenvalue weighted by Crippen LogP contribution is 2.27. The summed E-state index contributed by atoms with van der Waals surface area (Å²) in [6.07, 6.45) is 1.50. The molecule has 0 aromatic rings. The van der Waals surface area contributed by atoms with Crippen LogP contribution in [0.2, 0.25) is 0 Å². The van der Waals surface area contributed by atoms with Crippen molar-refractivity contribution in [2.24, 2.45) is 5.92 Å². The molecule has 0 aromatic carbocycles. The minimum Gasteiger partial charge on any atom is -0.480 e. The Morgan fingerprint density at radius 2 is 2.00 bits per heavy atom. The van der Waals surface area contributed by atoms with Gasteiger partial charge in [-0.1, -0.05) is 19.9 Å². The number of hydrogen-bond donors (Lipinski definition) is 1. The van der Waals surface area contributed by atoms with Crippen molar-refractivity contribution < 1.29 is 24.2 Å². The van der Waals surface area contributed by atoms with Gasteiger partial charge in [0, 0.05) is 12.0 Å². The number of allylic oxidation sites excluding steroid dienone is 1. The van der Waals surface area contributed by atoms with Crippen molar-refractivity contribution in [3.05, 3.63) is 11.6 Å². The van der Waals surface area contributed by atoms with E-state index in [0.29, 0.717) is 22.8 Å².